The predicted molar refractivity (Wildman–Crippen MR) is 128 cm³/mol. The fourth-order valence-electron chi connectivity index (χ4n) is 4.58. The number of nitrogens with zero attached hydrogens (tertiary/aromatic N) is 4. The zero-order valence-corrected chi connectivity index (χ0v) is 18.5. The van der Waals surface area contributed by atoms with Crippen LogP contribution in [0.3, 0.4) is 0 Å². The number of hydrogen-bond donors (Lipinski definition) is 2. The average molecular weight is 443 g/mol. The summed E-state index contributed by atoms with van der Waals surface area (Å²) in [5, 5.41) is 3.35. The number of rotatable bonds is 6. The van der Waals surface area contributed by atoms with Crippen molar-refractivity contribution in [2.75, 3.05) is 28.2 Å². The van der Waals surface area contributed by atoms with Gasteiger partial charge in [-0.3, -0.25) is 14.5 Å². The second kappa shape index (κ2) is 8.54. The molecule has 3 N–H and O–H groups in total. The molecule has 0 saturated carbocycles. The van der Waals surface area contributed by atoms with Crippen molar-refractivity contribution in [1.29, 1.82) is 0 Å². The highest BCUT2D eigenvalue weighted by Gasteiger charge is 2.38. The smallest absolute Gasteiger partial charge is 0.239 e. The van der Waals surface area contributed by atoms with E-state index < -0.39 is 11.8 Å². The number of benzene rings is 2. The van der Waals surface area contributed by atoms with Gasteiger partial charge in [-0.2, -0.15) is 4.98 Å². The summed E-state index contributed by atoms with van der Waals surface area (Å²) in [5.74, 6) is 0.313. The van der Waals surface area contributed by atoms with Gasteiger partial charge in [0.2, 0.25) is 17.8 Å². The average Bonchev–Trinajstić information content (AvgIpc) is 3.42. The van der Waals surface area contributed by atoms with Gasteiger partial charge in [0.15, 0.2) is 0 Å². The molecule has 1 fully saturated rings. The number of carbonyl (C=O) groups is 2. The highest BCUT2D eigenvalue weighted by molar-refractivity contribution is 6.11. The number of hydrogen-bond acceptors (Lipinski definition) is 6. The van der Waals surface area contributed by atoms with Gasteiger partial charge in [-0.1, -0.05) is 18.2 Å². The third kappa shape index (κ3) is 4.11. The first-order chi connectivity index (χ1) is 16.0. The fourth-order valence-corrected chi connectivity index (χ4v) is 4.58. The van der Waals surface area contributed by atoms with Crippen molar-refractivity contribution in [3.8, 4) is 0 Å². The Morgan fingerprint density at radius 2 is 1.82 bits per heavy atom. The van der Waals surface area contributed by atoms with Crippen LogP contribution in [0.1, 0.15) is 36.4 Å². The minimum absolute atomic E-state index is 0.00159. The topological polar surface area (TPSA) is 104 Å². The minimum Gasteiger partial charge on any atom is -0.370 e. The largest absolute Gasteiger partial charge is 0.370 e. The fraction of sp³-hybridized carbons (Fsp3) is 0.280. The maximum Gasteiger partial charge on any atom is 0.239 e. The highest BCUT2D eigenvalue weighted by Crippen LogP contribution is 2.43. The number of nitrogens with one attached hydrogen (secondary N) is 1. The lowest BCUT2D eigenvalue weighted by Gasteiger charge is -2.19. The quantitative estimate of drug-likeness (QED) is 0.602. The maximum atomic E-state index is 13.2. The lowest BCUT2D eigenvalue weighted by Crippen LogP contribution is -2.26. The first kappa shape index (κ1) is 20.9. The van der Waals surface area contributed by atoms with Gasteiger partial charge < -0.3 is 16.0 Å². The summed E-state index contributed by atoms with van der Waals surface area (Å²) in [6.07, 6.45) is 2.33. The van der Waals surface area contributed by atoms with Gasteiger partial charge in [0.1, 0.15) is 5.82 Å². The molecule has 3 heterocycles. The summed E-state index contributed by atoms with van der Waals surface area (Å²) in [6.45, 7) is 3.94. The number of primary amides is 1. The van der Waals surface area contributed by atoms with Crippen molar-refractivity contribution in [2.24, 2.45) is 5.73 Å². The van der Waals surface area contributed by atoms with E-state index in [2.05, 4.69) is 20.2 Å². The third-order valence-corrected chi connectivity index (χ3v) is 6.11. The molecule has 1 unspecified atom stereocenters. The Kier molecular flexibility index (Phi) is 5.42. The van der Waals surface area contributed by atoms with E-state index in [4.69, 9.17) is 5.73 Å². The molecule has 2 aliphatic heterocycles. The van der Waals surface area contributed by atoms with Crippen LogP contribution in [0.25, 0.3) is 0 Å². The molecule has 1 aromatic heterocycles. The minimum atomic E-state index is -0.551. The molecular formula is C25H26N6O2. The Morgan fingerprint density at radius 1 is 1.09 bits per heavy atom. The molecule has 0 aliphatic carbocycles. The Bertz CT molecular complexity index is 1200. The molecule has 1 atom stereocenters. The summed E-state index contributed by atoms with van der Waals surface area (Å²) >= 11 is 0. The molecule has 8 heteroatoms. The molecule has 3 aromatic rings. The van der Waals surface area contributed by atoms with E-state index in [9.17, 15) is 9.59 Å². The van der Waals surface area contributed by atoms with Gasteiger partial charge in [-0.05, 0) is 55.7 Å². The van der Waals surface area contributed by atoms with Crippen LogP contribution >= 0.6 is 0 Å². The maximum absolute atomic E-state index is 13.2. The molecule has 2 aromatic carbocycles. The molecule has 2 aliphatic rings. The molecule has 33 heavy (non-hydrogen) atoms. The molecule has 0 bridgehead atoms. The molecular weight excluding hydrogens is 416 g/mol. The summed E-state index contributed by atoms with van der Waals surface area (Å²) in [4.78, 5) is 37.8. The van der Waals surface area contributed by atoms with Gasteiger partial charge in [0, 0.05) is 42.6 Å². The Balaban J connectivity index is 1.38. The van der Waals surface area contributed by atoms with Crippen molar-refractivity contribution in [2.45, 2.75) is 32.1 Å². The van der Waals surface area contributed by atoms with Crippen LogP contribution in [0.15, 0.2) is 54.6 Å². The van der Waals surface area contributed by atoms with Crippen molar-refractivity contribution in [3.05, 3.63) is 65.9 Å². The van der Waals surface area contributed by atoms with E-state index in [0.29, 0.717) is 0 Å². The van der Waals surface area contributed by atoms with Crippen LogP contribution in [0.4, 0.5) is 28.8 Å². The van der Waals surface area contributed by atoms with Crippen molar-refractivity contribution in [3.63, 3.8) is 0 Å². The summed E-state index contributed by atoms with van der Waals surface area (Å²) in [6, 6.07) is 17.1. The van der Waals surface area contributed by atoms with Crippen LogP contribution in [0.5, 0.6) is 0 Å². The Hall–Kier alpha value is -3.94. The summed E-state index contributed by atoms with van der Waals surface area (Å²) < 4.78 is 0. The van der Waals surface area contributed by atoms with E-state index in [-0.39, 0.29) is 12.3 Å². The number of aromatic nitrogens is 2. The first-order valence-corrected chi connectivity index (χ1v) is 11.2. The molecule has 1 saturated heterocycles. The van der Waals surface area contributed by atoms with E-state index in [1.165, 1.54) is 12.8 Å². The highest BCUT2D eigenvalue weighted by atomic mass is 16.2. The predicted octanol–water partition coefficient (Wildman–Crippen LogP) is 3.77. The number of anilines is 5. The van der Waals surface area contributed by atoms with Crippen LogP contribution < -0.4 is 20.9 Å². The molecule has 168 valence electrons. The second-order valence-electron chi connectivity index (χ2n) is 8.52. The van der Waals surface area contributed by atoms with Gasteiger partial charge in [-0.15, -0.1) is 0 Å². The van der Waals surface area contributed by atoms with E-state index in [1.807, 2.05) is 61.5 Å². The number of nitrogens with two attached hydrogens (primary N) is 1. The van der Waals surface area contributed by atoms with Gasteiger partial charge in [0.05, 0.1) is 11.6 Å². The van der Waals surface area contributed by atoms with Crippen molar-refractivity contribution >= 4 is 40.6 Å². The number of aryl methyl sites for hydroxylation is 1. The van der Waals surface area contributed by atoms with Crippen LogP contribution in [-0.2, 0) is 9.59 Å². The third-order valence-electron chi connectivity index (χ3n) is 6.11. The van der Waals surface area contributed by atoms with Gasteiger partial charge in [-0.25, -0.2) is 4.98 Å². The van der Waals surface area contributed by atoms with Crippen LogP contribution in [-0.4, -0.2) is 34.9 Å². The Morgan fingerprint density at radius 3 is 2.55 bits per heavy atom. The summed E-state index contributed by atoms with van der Waals surface area (Å²) in [7, 11) is 0. The molecule has 0 spiro atoms. The molecule has 5 rings (SSSR count). The number of fused-ring (bicyclic) bond motifs is 1. The second-order valence-corrected chi connectivity index (χ2v) is 8.52. The van der Waals surface area contributed by atoms with Crippen molar-refractivity contribution < 1.29 is 9.59 Å². The lowest BCUT2D eigenvalue weighted by atomic mass is 9.97. The SMILES string of the molecule is Cc1cc(Nc2ccc(N3C(=O)C(CC(N)=O)c4ccccc43)cc2)nc(N2CCCC2)n1. The Labute approximate surface area is 192 Å². The number of para-hydroxylation sites is 1. The number of carbonyl (C=O) groups excluding carboxylic acids is 2. The molecule has 2 amide bonds. The van der Waals surface area contributed by atoms with Gasteiger partial charge in [0.25, 0.3) is 0 Å². The molecule has 0 radical (unpaired) electrons. The van der Waals surface area contributed by atoms with E-state index in [1.54, 1.807) is 4.90 Å². The normalized spacial score (nSPS) is 17.4. The van der Waals surface area contributed by atoms with Crippen LogP contribution in [0.2, 0.25) is 0 Å². The van der Waals surface area contributed by atoms with Crippen LogP contribution in [0, 0.1) is 6.92 Å². The molecule has 8 nitrogen and oxygen atoms in total. The van der Waals surface area contributed by atoms with Crippen molar-refractivity contribution in [1.82, 2.24) is 9.97 Å². The standard InChI is InChI=1S/C25H26N6O2/c1-16-14-23(29-25(27-16)30-12-4-5-13-30)28-17-8-10-18(11-9-17)31-21-7-3-2-6-19(21)20(24(31)33)15-22(26)32/h2-3,6-11,14,20H,4-5,12-13,15H2,1H3,(H2,26,32)(H,27,28,29). The lowest BCUT2D eigenvalue weighted by molar-refractivity contribution is -0.124. The van der Waals surface area contributed by atoms with Gasteiger partial charge >= 0.3 is 0 Å². The first-order valence-electron chi connectivity index (χ1n) is 11.2. The van der Waals surface area contributed by atoms with E-state index in [0.717, 1.165) is 53.2 Å². The summed E-state index contributed by atoms with van der Waals surface area (Å²) in [5.41, 5.74) is 9.52. The zero-order valence-electron chi connectivity index (χ0n) is 18.5. The number of amides is 2. The van der Waals surface area contributed by atoms with E-state index >= 15 is 0 Å². The zero-order chi connectivity index (χ0) is 22.9. The monoisotopic (exact) mass is 442 g/mol.